The molecule has 0 aromatic heterocycles. The van der Waals surface area contributed by atoms with Gasteiger partial charge >= 0.3 is 0 Å². The topological polar surface area (TPSA) is 24.5 Å². The highest BCUT2D eigenvalue weighted by atomic mass is 16.5. The first kappa shape index (κ1) is 12.2. The van der Waals surface area contributed by atoms with E-state index in [0.29, 0.717) is 18.2 Å². The Hall–Kier alpha value is -0.900. The van der Waals surface area contributed by atoms with Crippen LogP contribution in [0.25, 0.3) is 0 Å². The Labute approximate surface area is 109 Å². The lowest BCUT2D eigenvalue weighted by atomic mass is 10.0. The number of ether oxygens (including phenoxy) is 1. The Kier molecular flexibility index (Phi) is 3.14. The first-order chi connectivity index (χ1) is 8.73. The van der Waals surface area contributed by atoms with Crippen LogP contribution in [0.2, 0.25) is 0 Å². The van der Waals surface area contributed by atoms with E-state index in [-0.39, 0.29) is 0 Å². The molecule has 2 fully saturated rings. The molecular weight excluding hydrogens is 224 g/mol. The van der Waals surface area contributed by atoms with Gasteiger partial charge in [-0.3, -0.25) is 4.90 Å². The molecule has 18 heavy (non-hydrogen) atoms. The van der Waals surface area contributed by atoms with Crippen molar-refractivity contribution < 1.29 is 4.74 Å². The quantitative estimate of drug-likeness (QED) is 0.882. The lowest BCUT2D eigenvalue weighted by Gasteiger charge is -2.39. The van der Waals surface area contributed by atoms with Crippen molar-refractivity contribution in [2.75, 3.05) is 27.2 Å². The third-order valence-electron chi connectivity index (χ3n) is 4.46. The van der Waals surface area contributed by atoms with Crippen LogP contribution in [-0.2, 0) is 11.3 Å². The maximum Gasteiger partial charge on any atom is 0.0713 e. The fourth-order valence-electron chi connectivity index (χ4n) is 2.92. The van der Waals surface area contributed by atoms with Gasteiger partial charge in [-0.25, -0.2) is 0 Å². The summed E-state index contributed by atoms with van der Waals surface area (Å²) >= 11 is 0. The van der Waals surface area contributed by atoms with Crippen molar-refractivity contribution >= 4 is 0 Å². The second-order valence-electron chi connectivity index (χ2n) is 5.71. The molecule has 3 rings (SSSR count). The van der Waals surface area contributed by atoms with Gasteiger partial charge in [0.25, 0.3) is 0 Å². The van der Waals surface area contributed by atoms with Gasteiger partial charge in [0, 0.05) is 31.8 Å². The third-order valence-corrected chi connectivity index (χ3v) is 4.46. The van der Waals surface area contributed by atoms with Gasteiger partial charge in [-0.2, -0.15) is 0 Å². The van der Waals surface area contributed by atoms with E-state index in [2.05, 4.69) is 41.5 Å². The minimum Gasteiger partial charge on any atom is -0.380 e. The van der Waals surface area contributed by atoms with Gasteiger partial charge in [0.15, 0.2) is 0 Å². The maximum atomic E-state index is 5.14. The Morgan fingerprint density at radius 3 is 2.61 bits per heavy atom. The standard InChI is InChI=1S/C15H22N2O/c1-17-9-14(16-11-15(17)7-8-15)13-5-3-12(4-6-13)10-18-2/h3-6,14,16H,7-11H2,1-2H3. The van der Waals surface area contributed by atoms with Crippen LogP contribution < -0.4 is 5.32 Å². The predicted octanol–water partition coefficient (Wildman–Crippen LogP) is 1.94. The summed E-state index contributed by atoms with van der Waals surface area (Å²) in [6.45, 7) is 2.94. The maximum absolute atomic E-state index is 5.14. The third kappa shape index (κ3) is 2.18. The van der Waals surface area contributed by atoms with Gasteiger partial charge < -0.3 is 10.1 Å². The first-order valence-corrected chi connectivity index (χ1v) is 6.76. The fraction of sp³-hybridized carbons (Fsp3) is 0.600. The molecule has 3 nitrogen and oxygen atoms in total. The molecular formula is C15H22N2O. The Morgan fingerprint density at radius 1 is 1.33 bits per heavy atom. The second-order valence-corrected chi connectivity index (χ2v) is 5.71. The molecule has 3 heteroatoms. The summed E-state index contributed by atoms with van der Waals surface area (Å²) in [7, 11) is 4.00. The number of nitrogens with zero attached hydrogens (tertiary/aromatic N) is 1. The van der Waals surface area contributed by atoms with Crippen molar-refractivity contribution in [3.05, 3.63) is 35.4 Å². The highest BCUT2D eigenvalue weighted by molar-refractivity contribution is 5.26. The molecule has 1 saturated carbocycles. The van der Waals surface area contributed by atoms with Gasteiger partial charge in [0.1, 0.15) is 0 Å². The zero-order valence-corrected chi connectivity index (χ0v) is 11.3. The summed E-state index contributed by atoms with van der Waals surface area (Å²) in [5.74, 6) is 0. The molecule has 1 aliphatic heterocycles. The minimum absolute atomic E-state index is 0.470. The summed E-state index contributed by atoms with van der Waals surface area (Å²) in [4.78, 5) is 2.54. The summed E-state index contributed by atoms with van der Waals surface area (Å²) in [5.41, 5.74) is 3.12. The Bertz CT molecular complexity index is 411. The largest absolute Gasteiger partial charge is 0.380 e. The van der Waals surface area contributed by atoms with E-state index in [1.54, 1.807) is 7.11 Å². The lowest BCUT2D eigenvalue weighted by molar-refractivity contribution is 0.145. The smallest absolute Gasteiger partial charge is 0.0713 e. The predicted molar refractivity (Wildman–Crippen MR) is 72.5 cm³/mol. The molecule has 2 aliphatic rings. The zero-order chi connectivity index (χ0) is 12.6. The van der Waals surface area contributed by atoms with E-state index >= 15 is 0 Å². The molecule has 1 unspecified atom stereocenters. The van der Waals surface area contributed by atoms with Crippen LogP contribution in [0.15, 0.2) is 24.3 Å². The van der Waals surface area contributed by atoms with Crippen molar-refractivity contribution in [3.63, 3.8) is 0 Å². The molecule has 0 amide bonds. The van der Waals surface area contributed by atoms with Crippen LogP contribution in [0.5, 0.6) is 0 Å². The first-order valence-electron chi connectivity index (χ1n) is 6.76. The van der Waals surface area contributed by atoms with E-state index in [4.69, 9.17) is 4.74 Å². The molecule has 1 heterocycles. The number of rotatable bonds is 3. The van der Waals surface area contributed by atoms with Crippen molar-refractivity contribution in [2.45, 2.75) is 31.0 Å². The highest BCUT2D eigenvalue weighted by Gasteiger charge is 2.49. The molecule has 1 aliphatic carbocycles. The number of hydrogen-bond acceptors (Lipinski definition) is 3. The average molecular weight is 246 g/mol. The summed E-state index contributed by atoms with van der Waals surface area (Å²) < 4.78 is 5.14. The fourth-order valence-corrected chi connectivity index (χ4v) is 2.92. The minimum atomic E-state index is 0.470. The lowest BCUT2D eigenvalue weighted by Crippen LogP contribution is -2.52. The van der Waals surface area contributed by atoms with Crippen LogP contribution in [-0.4, -0.2) is 37.7 Å². The Balaban J connectivity index is 1.67. The van der Waals surface area contributed by atoms with E-state index in [0.717, 1.165) is 13.1 Å². The van der Waals surface area contributed by atoms with Crippen LogP contribution in [0.3, 0.4) is 0 Å². The summed E-state index contributed by atoms with van der Waals surface area (Å²) in [5, 5.41) is 3.70. The highest BCUT2D eigenvalue weighted by Crippen LogP contribution is 2.43. The molecule has 0 bridgehead atoms. The zero-order valence-electron chi connectivity index (χ0n) is 11.3. The van der Waals surface area contributed by atoms with Crippen molar-refractivity contribution in [1.82, 2.24) is 10.2 Å². The van der Waals surface area contributed by atoms with E-state index in [1.807, 2.05) is 0 Å². The van der Waals surface area contributed by atoms with Crippen LogP contribution in [0.4, 0.5) is 0 Å². The van der Waals surface area contributed by atoms with E-state index < -0.39 is 0 Å². The molecule has 1 aromatic rings. The SMILES string of the molecule is COCc1ccc(C2CN(C)C3(CC3)CN2)cc1. The molecule has 1 atom stereocenters. The number of nitrogens with one attached hydrogen (secondary N) is 1. The summed E-state index contributed by atoms with van der Waals surface area (Å²) in [6, 6.07) is 9.26. The number of likely N-dealkylation sites (N-methyl/N-ethyl adjacent to an activating group) is 1. The number of hydrogen-bond donors (Lipinski definition) is 1. The number of methoxy groups -OCH3 is 1. The van der Waals surface area contributed by atoms with Crippen molar-refractivity contribution in [2.24, 2.45) is 0 Å². The molecule has 1 N–H and O–H groups in total. The van der Waals surface area contributed by atoms with Gasteiger partial charge in [0.2, 0.25) is 0 Å². The summed E-state index contributed by atoms with van der Waals surface area (Å²) in [6.07, 6.45) is 2.71. The van der Waals surface area contributed by atoms with Crippen molar-refractivity contribution in [1.29, 1.82) is 0 Å². The van der Waals surface area contributed by atoms with E-state index in [1.165, 1.54) is 24.0 Å². The Morgan fingerprint density at radius 2 is 2.06 bits per heavy atom. The number of benzene rings is 1. The monoisotopic (exact) mass is 246 g/mol. The second kappa shape index (κ2) is 4.65. The van der Waals surface area contributed by atoms with Gasteiger partial charge in [-0.05, 0) is 31.0 Å². The normalized spacial score (nSPS) is 26.4. The molecule has 98 valence electrons. The molecule has 1 saturated heterocycles. The van der Waals surface area contributed by atoms with E-state index in [9.17, 15) is 0 Å². The van der Waals surface area contributed by atoms with Gasteiger partial charge in [-0.15, -0.1) is 0 Å². The average Bonchev–Trinajstić information content (AvgIpc) is 3.16. The van der Waals surface area contributed by atoms with Gasteiger partial charge in [-0.1, -0.05) is 24.3 Å². The van der Waals surface area contributed by atoms with Crippen molar-refractivity contribution in [3.8, 4) is 0 Å². The molecule has 0 radical (unpaired) electrons. The number of piperazine rings is 1. The molecule has 1 spiro atoms. The molecule has 1 aromatic carbocycles. The van der Waals surface area contributed by atoms with Crippen LogP contribution >= 0.6 is 0 Å². The van der Waals surface area contributed by atoms with Gasteiger partial charge in [0.05, 0.1) is 6.61 Å². The van der Waals surface area contributed by atoms with Crippen LogP contribution in [0.1, 0.15) is 30.0 Å². The van der Waals surface area contributed by atoms with Crippen LogP contribution in [0, 0.1) is 0 Å².